The van der Waals surface area contributed by atoms with E-state index in [2.05, 4.69) is 4.98 Å². The number of carbonyl (C=O) groups excluding carboxylic acids is 1. The predicted octanol–water partition coefficient (Wildman–Crippen LogP) is 3.20. The lowest BCUT2D eigenvalue weighted by molar-refractivity contribution is -0.123. The molecule has 1 aromatic carbocycles. The summed E-state index contributed by atoms with van der Waals surface area (Å²) in [5, 5.41) is 2.76. The van der Waals surface area contributed by atoms with Crippen LogP contribution in [0.25, 0.3) is 10.6 Å². The number of aromatic nitrogens is 1. The Morgan fingerprint density at radius 2 is 2.29 bits per heavy atom. The number of hydrogen-bond donors (Lipinski definition) is 1. The van der Waals surface area contributed by atoms with E-state index in [0.29, 0.717) is 12.1 Å². The summed E-state index contributed by atoms with van der Waals surface area (Å²) < 4.78 is 18.5. The lowest BCUT2D eigenvalue weighted by Gasteiger charge is -2.25. The van der Waals surface area contributed by atoms with E-state index in [0.717, 1.165) is 16.3 Å². The fourth-order valence-electron chi connectivity index (χ4n) is 2.56. The second-order valence-corrected chi connectivity index (χ2v) is 6.29. The molecule has 1 atom stereocenters. The molecule has 0 spiro atoms. The van der Waals surface area contributed by atoms with Crippen molar-refractivity contribution in [2.24, 2.45) is 5.73 Å². The van der Waals surface area contributed by atoms with Crippen LogP contribution in [-0.4, -0.2) is 22.8 Å². The summed E-state index contributed by atoms with van der Waals surface area (Å²) in [5.74, 6) is -0.934. The second-order valence-electron chi connectivity index (χ2n) is 5.43. The number of furan rings is 1. The van der Waals surface area contributed by atoms with Gasteiger partial charge < -0.3 is 10.2 Å². The fourth-order valence-corrected chi connectivity index (χ4v) is 3.35. The SMILES string of the molecule is CN(Cc1csc(-c2ccoc2)n1)[C@H](C(N)=O)c1cccc(F)c1. The molecule has 24 heavy (non-hydrogen) atoms. The van der Waals surface area contributed by atoms with Gasteiger partial charge in [0.25, 0.3) is 0 Å². The minimum absolute atomic E-state index is 0.400. The van der Waals surface area contributed by atoms with Gasteiger partial charge in [0.15, 0.2) is 0 Å². The largest absolute Gasteiger partial charge is 0.472 e. The number of benzene rings is 1. The molecule has 2 heterocycles. The van der Waals surface area contributed by atoms with Crippen LogP contribution < -0.4 is 5.73 Å². The third kappa shape index (κ3) is 3.52. The molecule has 0 radical (unpaired) electrons. The van der Waals surface area contributed by atoms with Crippen molar-refractivity contribution in [3.8, 4) is 10.6 Å². The maximum atomic E-state index is 13.5. The molecular weight excluding hydrogens is 329 g/mol. The molecule has 1 amide bonds. The normalized spacial score (nSPS) is 12.5. The Hall–Kier alpha value is -2.51. The number of primary amides is 1. The highest BCUT2D eigenvalue weighted by atomic mass is 32.1. The van der Waals surface area contributed by atoms with Gasteiger partial charge in [-0.2, -0.15) is 0 Å². The average Bonchev–Trinajstić information content (AvgIpc) is 3.17. The summed E-state index contributed by atoms with van der Waals surface area (Å²) >= 11 is 1.49. The van der Waals surface area contributed by atoms with Crippen molar-refractivity contribution < 1.29 is 13.6 Å². The van der Waals surface area contributed by atoms with Crippen LogP contribution in [0.4, 0.5) is 4.39 Å². The van der Waals surface area contributed by atoms with E-state index in [1.54, 1.807) is 36.6 Å². The van der Waals surface area contributed by atoms with Crippen molar-refractivity contribution in [2.45, 2.75) is 12.6 Å². The van der Waals surface area contributed by atoms with Gasteiger partial charge in [-0.25, -0.2) is 9.37 Å². The van der Waals surface area contributed by atoms with Crippen LogP contribution in [-0.2, 0) is 11.3 Å². The number of carbonyl (C=O) groups is 1. The van der Waals surface area contributed by atoms with Crippen LogP contribution >= 0.6 is 11.3 Å². The molecule has 5 nitrogen and oxygen atoms in total. The number of thiazole rings is 1. The Bertz CT molecular complexity index is 832. The molecule has 2 N–H and O–H groups in total. The van der Waals surface area contributed by atoms with Gasteiger partial charge in [0.2, 0.25) is 5.91 Å². The van der Waals surface area contributed by atoms with E-state index < -0.39 is 17.8 Å². The minimum Gasteiger partial charge on any atom is -0.472 e. The third-order valence-corrected chi connectivity index (χ3v) is 4.55. The molecule has 0 aliphatic heterocycles. The summed E-state index contributed by atoms with van der Waals surface area (Å²) in [6, 6.07) is 7.02. The van der Waals surface area contributed by atoms with Crippen molar-refractivity contribution in [3.05, 3.63) is 65.3 Å². The maximum absolute atomic E-state index is 13.5. The van der Waals surface area contributed by atoms with Crippen LogP contribution in [0, 0.1) is 5.82 Å². The quantitative estimate of drug-likeness (QED) is 0.745. The van der Waals surface area contributed by atoms with Gasteiger partial charge in [-0.05, 0) is 30.8 Å². The number of amides is 1. The average molecular weight is 345 g/mol. The van der Waals surface area contributed by atoms with Crippen LogP contribution in [0.1, 0.15) is 17.3 Å². The highest BCUT2D eigenvalue weighted by molar-refractivity contribution is 7.13. The van der Waals surface area contributed by atoms with Crippen LogP contribution in [0.5, 0.6) is 0 Å². The summed E-state index contributed by atoms with van der Waals surface area (Å²) in [6.07, 6.45) is 3.22. The molecule has 0 saturated carbocycles. The molecule has 7 heteroatoms. The molecule has 3 aromatic rings. The summed E-state index contributed by atoms with van der Waals surface area (Å²) in [6.45, 7) is 0.415. The molecule has 0 aliphatic carbocycles. The summed E-state index contributed by atoms with van der Waals surface area (Å²) in [4.78, 5) is 18.2. The molecule has 0 bridgehead atoms. The number of rotatable bonds is 6. The predicted molar refractivity (Wildman–Crippen MR) is 89.6 cm³/mol. The Balaban J connectivity index is 1.79. The van der Waals surface area contributed by atoms with Gasteiger partial charge in [0, 0.05) is 17.5 Å². The Labute approximate surface area is 142 Å². The zero-order valence-electron chi connectivity index (χ0n) is 13.0. The first-order valence-corrected chi connectivity index (χ1v) is 8.14. The van der Waals surface area contributed by atoms with Crippen LogP contribution in [0.15, 0.2) is 52.7 Å². The van der Waals surface area contributed by atoms with Crippen molar-refractivity contribution >= 4 is 17.2 Å². The molecule has 0 unspecified atom stereocenters. The first kappa shape index (κ1) is 16.4. The highest BCUT2D eigenvalue weighted by Crippen LogP contribution is 2.26. The topological polar surface area (TPSA) is 72.4 Å². The Kier molecular flexibility index (Phi) is 4.73. The lowest BCUT2D eigenvalue weighted by Crippen LogP contribution is -2.35. The second kappa shape index (κ2) is 6.94. The zero-order chi connectivity index (χ0) is 17.1. The van der Waals surface area contributed by atoms with Gasteiger partial charge in [0.1, 0.15) is 23.1 Å². The van der Waals surface area contributed by atoms with Crippen molar-refractivity contribution in [1.82, 2.24) is 9.88 Å². The molecule has 124 valence electrons. The number of hydrogen-bond acceptors (Lipinski definition) is 5. The molecule has 0 fully saturated rings. The van der Waals surface area contributed by atoms with Gasteiger partial charge in [0.05, 0.1) is 12.0 Å². The molecule has 0 saturated heterocycles. The van der Waals surface area contributed by atoms with Gasteiger partial charge in [-0.15, -0.1) is 11.3 Å². The van der Waals surface area contributed by atoms with Gasteiger partial charge in [-0.1, -0.05) is 12.1 Å². The number of halogens is 1. The summed E-state index contributed by atoms with van der Waals surface area (Å²) in [5.41, 5.74) is 7.76. The van der Waals surface area contributed by atoms with Crippen molar-refractivity contribution in [1.29, 1.82) is 0 Å². The zero-order valence-corrected chi connectivity index (χ0v) is 13.8. The Morgan fingerprint density at radius 3 is 2.96 bits per heavy atom. The molecular formula is C17H16FN3O2S. The van der Waals surface area contributed by atoms with Gasteiger partial charge >= 0.3 is 0 Å². The lowest BCUT2D eigenvalue weighted by atomic mass is 10.0. The van der Waals surface area contributed by atoms with E-state index in [1.807, 2.05) is 11.4 Å². The standard InChI is InChI=1S/C17H16FN3O2S/c1-21(15(16(19)22)11-3-2-4-13(18)7-11)8-14-10-24-17(20-14)12-5-6-23-9-12/h2-7,9-10,15H,8H2,1H3,(H2,19,22)/t15-/m0/s1. The number of nitrogens with zero attached hydrogens (tertiary/aromatic N) is 2. The number of likely N-dealkylation sites (N-methyl/N-ethyl adjacent to an activating group) is 1. The van der Waals surface area contributed by atoms with Crippen LogP contribution in [0.3, 0.4) is 0 Å². The first-order valence-electron chi connectivity index (χ1n) is 7.26. The van der Waals surface area contributed by atoms with Crippen LogP contribution in [0.2, 0.25) is 0 Å². The number of nitrogens with two attached hydrogens (primary N) is 1. The smallest absolute Gasteiger partial charge is 0.239 e. The maximum Gasteiger partial charge on any atom is 0.239 e. The van der Waals surface area contributed by atoms with E-state index in [1.165, 1.54) is 23.5 Å². The highest BCUT2D eigenvalue weighted by Gasteiger charge is 2.24. The monoisotopic (exact) mass is 345 g/mol. The van der Waals surface area contributed by atoms with E-state index in [9.17, 15) is 9.18 Å². The summed E-state index contributed by atoms with van der Waals surface area (Å²) in [7, 11) is 1.76. The fraction of sp³-hybridized carbons (Fsp3) is 0.176. The van der Waals surface area contributed by atoms with Crippen molar-refractivity contribution in [3.63, 3.8) is 0 Å². The van der Waals surface area contributed by atoms with E-state index in [-0.39, 0.29) is 0 Å². The third-order valence-electron chi connectivity index (χ3n) is 3.61. The van der Waals surface area contributed by atoms with E-state index >= 15 is 0 Å². The molecule has 3 rings (SSSR count). The Morgan fingerprint density at radius 1 is 1.46 bits per heavy atom. The van der Waals surface area contributed by atoms with Gasteiger partial charge in [-0.3, -0.25) is 9.69 Å². The minimum atomic E-state index is -0.722. The first-order chi connectivity index (χ1) is 11.5. The molecule has 2 aromatic heterocycles. The van der Waals surface area contributed by atoms with E-state index in [4.69, 9.17) is 10.2 Å². The molecule has 0 aliphatic rings. The van der Waals surface area contributed by atoms with Crippen molar-refractivity contribution in [2.75, 3.05) is 7.05 Å².